The highest BCUT2D eigenvalue weighted by Gasteiger charge is 2.23. The van der Waals surface area contributed by atoms with Crippen molar-refractivity contribution in [1.82, 2.24) is 0 Å². The molecule has 0 radical (unpaired) electrons. The van der Waals surface area contributed by atoms with Crippen molar-refractivity contribution in [3.8, 4) is 11.5 Å². The van der Waals surface area contributed by atoms with E-state index in [1.54, 1.807) is 0 Å². The third kappa shape index (κ3) is 8.81. The van der Waals surface area contributed by atoms with Crippen molar-refractivity contribution in [2.45, 2.75) is 71.7 Å². The molecule has 2 rings (SSSR count). The lowest BCUT2D eigenvalue weighted by Crippen LogP contribution is -2.25. The zero-order chi connectivity index (χ0) is 23.6. The molecule has 1 unspecified atom stereocenters. The second kappa shape index (κ2) is 12.8. The lowest BCUT2D eigenvalue weighted by atomic mass is 9.78. The van der Waals surface area contributed by atoms with Crippen LogP contribution in [0.3, 0.4) is 0 Å². The Kier molecular flexibility index (Phi) is 10.5. The van der Waals surface area contributed by atoms with Gasteiger partial charge in [-0.1, -0.05) is 38.1 Å². The van der Waals surface area contributed by atoms with Gasteiger partial charge in [-0.15, -0.1) is 0 Å². The van der Waals surface area contributed by atoms with Gasteiger partial charge in [0.25, 0.3) is 0 Å². The molecule has 1 atom stereocenters. The Morgan fingerprint density at radius 2 is 1.19 bits per heavy atom. The maximum atomic E-state index is 9.95. The molecule has 0 spiro atoms. The highest BCUT2D eigenvalue weighted by atomic mass is 16.5. The minimum atomic E-state index is -0.642. The van der Waals surface area contributed by atoms with Gasteiger partial charge in [0.2, 0.25) is 0 Å². The Bertz CT molecular complexity index is 766. The molecular formula is C27H40O5. The molecule has 0 saturated heterocycles. The maximum absolute atomic E-state index is 9.95. The first-order valence-electron chi connectivity index (χ1n) is 11.6. The van der Waals surface area contributed by atoms with Crippen LogP contribution in [0.2, 0.25) is 0 Å². The van der Waals surface area contributed by atoms with Crippen LogP contribution in [0, 0.1) is 0 Å². The number of rotatable bonds is 14. The summed E-state index contributed by atoms with van der Waals surface area (Å²) in [5, 5.41) is 9.95. The van der Waals surface area contributed by atoms with Crippen LogP contribution in [0.4, 0.5) is 0 Å². The average Bonchev–Trinajstić information content (AvgIpc) is 2.76. The van der Waals surface area contributed by atoms with Gasteiger partial charge in [0.05, 0.1) is 32.0 Å². The van der Waals surface area contributed by atoms with Gasteiger partial charge in [-0.05, 0) is 63.1 Å². The van der Waals surface area contributed by atoms with Crippen LogP contribution >= 0.6 is 0 Å². The molecule has 0 aliphatic heterocycles. The van der Waals surface area contributed by atoms with Crippen LogP contribution in [-0.2, 0) is 14.9 Å². The molecule has 0 aliphatic carbocycles. The molecular weight excluding hydrogens is 404 g/mol. The van der Waals surface area contributed by atoms with E-state index >= 15 is 0 Å². The van der Waals surface area contributed by atoms with Crippen molar-refractivity contribution >= 4 is 0 Å². The summed E-state index contributed by atoms with van der Waals surface area (Å²) in [5.41, 5.74) is 2.24. The molecule has 2 aromatic rings. The van der Waals surface area contributed by atoms with Gasteiger partial charge in [0.15, 0.2) is 0 Å². The zero-order valence-electron chi connectivity index (χ0n) is 20.5. The highest BCUT2D eigenvalue weighted by molar-refractivity contribution is 5.41. The van der Waals surface area contributed by atoms with Crippen molar-refractivity contribution < 1.29 is 24.1 Å². The van der Waals surface area contributed by atoms with Crippen LogP contribution in [0.1, 0.15) is 59.1 Å². The first-order chi connectivity index (χ1) is 15.2. The fraction of sp³-hybridized carbons (Fsp3) is 0.556. The minimum absolute atomic E-state index is 0.0936. The van der Waals surface area contributed by atoms with E-state index in [9.17, 15) is 5.11 Å². The van der Waals surface area contributed by atoms with E-state index in [1.807, 2.05) is 52.0 Å². The summed E-state index contributed by atoms with van der Waals surface area (Å²) in [7, 11) is 0. The fourth-order valence-electron chi connectivity index (χ4n) is 3.21. The molecule has 32 heavy (non-hydrogen) atoms. The predicted octanol–water partition coefficient (Wildman–Crippen LogP) is 5.37. The number of aliphatic hydroxyl groups is 1. The molecule has 178 valence electrons. The summed E-state index contributed by atoms with van der Waals surface area (Å²) in [6, 6.07) is 16.3. The highest BCUT2D eigenvalue weighted by Crippen LogP contribution is 2.33. The molecule has 0 aromatic heterocycles. The zero-order valence-corrected chi connectivity index (χ0v) is 20.5. The van der Waals surface area contributed by atoms with Crippen LogP contribution in [-0.4, -0.2) is 49.8 Å². The molecule has 5 nitrogen and oxygen atoms in total. The first-order valence-corrected chi connectivity index (χ1v) is 11.6. The lowest BCUT2D eigenvalue weighted by Gasteiger charge is -2.26. The molecule has 0 amide bonds. The second-order valence-corrected chi connectivity index (χ2v) is 9.14. The molecule has 5 heteroatoms. The van der Waals surface area contributed by atoms with Crippen molar-refractivity contribution in [2.75, 3.05) is 26.4 Å². The maximum Gasteiger partial charge on any atom is 0.119 e. The molecule has 2 aromatic carbocycles. The molecule has 0 aliphatic rings. The Labute approximate surface area is 193 Å². The number of hydrogen-bond acceptors (Lipinski definition) is 5. The summed E-state index contributed by atoms with van der Waals surface area (Å²) >= 11 is 0. The van der Waals surface area contributed by atoms with Gasteiger partial charge in [-0.2, -0.15) is 0 Å². The minimum Gasteiger partial charge on any atom is -0.494 e. The van der Waals surface area contributed by atoms with Crippen LogP contribution < -0.4 is 9.47 Å². The lowest BCUT2D eigenvalue weighted by molar-refractivity contribution is -0.0122. The third-order valence-corrected chi connectivity index (χ3v) is 5.22. The molecule has 0 fully saturated rings. The van der Waals surface area contributed by atoms with Gasteiger partial charge < -0.3 is 24.1 Å². The molecule has 0 saturated carbocycles. The van der Waals surface area contributed by atoms with E-state index in [0.717, 1.165) is 17.9 Å². The van der Waals surface area contributed by atoms with Crippen LogP contribution in [0.25, 0.3) is 0 Å². The standard InChI is InChI=1S/C27H40O5/c1-20(2)29-16-7-17-30-25-12-8-22(9-13-25)27(5,6)23-10-14-26(15-11-23)32-19-24(28)18-31-21(3)4/h8-15,20-21,24,28H,7,16-19H2,1-6H3. The van der Waals surface area contributed by atoms with Gasteiger partial charge >= 0.3 is 0 Å². The normalized spacial score (nSPS) is 12.9. The van der Waals surface area contributed by atoms with Crippen molar-refractivity contribution in [3.63, 3.8) is 0 Å². The Morgan fingerprint density at radius 1 is 0.688 bits per heavy atom. The van der Waals surface area contributed by atoms with E-state index < -0.39 is 6.10 Å². The van der Waals surface area contributed by atoms with Crippen molar-refractivity contribution in [1.29, 1.82) is 0 Å². The van der Waals surface area contributed by atoms with E-state index in [1.165, 1.54) is 11.1 Å². The van der Waals surface area contributed by atoms with E-state index in [2.05, 4.69) is 38.1 Å². The number of benzene rings is 2. The number of hydrogen-bond donors (Lipinski definition) is 1. The fourth-order valence-corrected chi connectivity index (χ4v) is 3.21. The summed E-state index contributed by atoms with van der Waals surface area (Å²) in [6.45, 7) is 14.2. The second-order valence-electron chi connectivity index (χ2n) is 9.14. The smallest absolute Gasteiger partial charge is 0.119 e. The van der Waals surface area contributed by atoms with Crippen molar-refractivity contribution in [2.24, 2.45) is 0 Å². The van der Waals surface area contributed by atoms with Crippen LogP contribution in [0.5, 0.6) is 11.5 Å². The van der Waals surface area contributed by atoms with Gasteiger partial charge in [-0.3, -0.25) is 0 Å². The van der Waals surface area contributed by atoms with E-state index in [4.69, 9.17) is 18.9 Å². The van der Waals surface area contributed by atoms with Gasteiger partial charge in [-0.25, -0.2) is 0 Å². The number of ether oxygens (including phenoxy) is 4. The molecule has 1 N–H and O–H groups in total. The van der Waals surface area contributed by atoms with Crippen LogP contribution in [0.15, 0.2) is 48.5 Å². The average molecular weight is 445 g/mol. The molecule has 0 heterocycles. The first kappa shape index (κ1) is 26.2. The van der Waals surface area contributed by atoms with Gasteiger partial charge in [0, 0.05) is 11.8 Å². The summed E-state index contributed by atoms with van der Waals surface area (Å²) < 4.78 is 22.5. The largest absolute Gasteiger partial charge is 0.494 e. The van der Waals surface area contributed by atoms with E-state index in [-0.39, 0.29) is 30.8 Å². The monoisotopic (exact) mass is 444 g/mol. The molecule has 0 bridgehead atoms. The summed E-state index contributed by atoms with van der Waals surface area (Å²) in [6.07, 6.45) is 0.586. The van der Waals surface area contributed by atoms with Gasteiger partial charge in [0.1, 0.15) is 24.2 Å². The Morgan fingerprint density at radius 3 is 1.69 bits per heavy atom. The summed E-state index contributed by atoms with van der Waals surface area (Å²) in [4.78, 5) is 0. The Hall–Kier alpha value is -2.08. The number of aliphatic hydroxyl groups excluding tert-OH is 1. The topological polar surface area (TPSA) is 57.2 Å². The summed E-state index contributed by atoms with van der Waals surface area (Å²) in [5.74, 6) is 1.61. The Balaban J connectivity index is 1.87. The van der Waals surface area contributed by atoms with E-state index in [0.29, 0.717) is 13.2 Å². The third-order valence-electron chi connectivity index (χ3n) is 5.22. The quantitative estimate of drug-likeness (QED) is 0.397. The van der Waals surface area contributed by atoms with Crippen molar-refractivity contribution in [3.05, 3.63) is 59.7 Å². The predicted molar refractivity (Wildman–Crippen MR) is 129 cm³/mol. The SMILES string of the molecule is CC(C)OCCCOc1ccc(C(C)(C)c2ccc(OCC(O)COC(C)C)cc2)cc1.